The minimum atomic E-state index is -4.08. The molecular weight excluding hydrogens is 522 g/mol. The van der Waals surface area contributed by atoms with Gasteiger partial charge in [0, 0.05) is 13.1 Å². The van der Waals surface area contributed by atoms with E-state index in [1.165, 1.54) is 9.21 Å². The number of nitrogens with zero attached hydrogens (tertiary/aromatic N) is 2. The molecular formula is C32H41N3O4S. The number of unbranched alkanes of at least 4 members (excludes halogenated alkanes) is 1. The van der Waals surface area contributed by atoms with Gasteiger partial charge in [0.1, 0.15) is 12.6 Å². The van der Waals surface area contributed by atoms with E-state index in [2.05, 4.69) is 5.32 Å². The fourth-order valence-corrected chi connectivity index (χ4v) is 5.96. The van der Waals surface area contributed by atoms with Gasteiger partial charge in [0.2, 0.25) is 11.8 Å². The number of para-hydroxylation sites is 1. The van der Waals surface area contributed by atoms with Crippen LogP contribution in [0.15, 0.2) is 83.8 Å². The van der Waals surface area contributed by atoms with Crippen LogP contribution in [0, 0.1) is 6.92 Å². The summed E-state index contributed by atoms with van der Waals surface area (Å²) in [6.45, 7) is 7.96. The van der Waals surface area contributed by atoms with Gasteiger partial charge in [-0.1, -0.05) is 86.5 Å². The Morgan fingerprint density at radius 3 is 2.20 bits per heavy atom. The highest BCUT2D eigenvalue weighted by Crippen LogP contribution is 2.28. The highest BCUT2D eigenvalue weighted by molar-refractivity contribution is 7.92. The van der Waals surface area contributed by atoms with Crippen molar-refractivity contribution in [3.8, 4) is 0 Å². The van der Waals surface area contributed by atoms with Crippen molar-refractivity contribution in [3.63, 3.8) is 0 Å². The quantitative estimate of drug-likeness (QED) is 0.276. The largest absolute Gasteiger partial charge is 0.354 e. The van der Waals surface area contributed by atoms with Gasteiger partial charge in [-0.3, -0.25) is 13.9 Å². The maximum absolute atomic E-state index is 14.0. The van der Waals surface area contributed by atoms with E-state index in [1.807, 2.05) is 63.2 Å². The molecule has 0 unspecified atom stereocenters. The van der Waals surface area contributed by atoms with Gasteiger partial charge in [0.15, 0.2) is 0 Å². The molecule has 0 aromatic heterocycles. The molecule has 1 atom stereocenters. The zero-order valence-corrected chi connectivity index (χ0v) is 24.8. The van der Waals surface area contributed by atoms with Gasteiger partial charge in [-0.15, -0.1) is 0 Å². The summed E-state index contributed by atoms with van der Waals surface area (Å²) in [5, 5.41) is 2.92. The number of anilines is 1. The van der Waals surface area contributed by atoms with Crippen molar-refractivity contribution < 1.29 is 18.0 Å². The number of aryl methyl sites for hydroxylation is 2. The first-order chi connectivity index (χ1) is 19.2. The number of benzene rings is 3. The van der Waals surface area contributed by atoms with Gasteiger partial charge in [-0.2, -0.15) is 0 Å². The van der Waals surface area contributed by atoms with Crippen molar-refractivity contribution >= 4 is 27.5 Å². The molecule has 0 aliphatic heterocycles. The molecule has 3 aromatic carbocycles. The second-order valence-electron chi connectivity index (χ2n) is 9.95. The van der Waals surface area contributed by atoms with Crippen LogP contribution in [0.3, 0.4) is 0 Å². The summed E-state index contributed by atoms with van der Waals surface area (Å²) < 4.78 is 29.2. The number of hydrogen-bond acceptors (Lipinski definition) is 4. The van der Waals surface area contributed by atoms with Crippen molar-refractivity contribution in [1.29, 1.82) is 0 Å². The van der Waals surface area contributed by atoms with Crippen molar-refractivity contribution in [3.05, 3.63) is 95.6 Å². The molecule has 3 rings (SSSR count). The first-order valence-corrected chi connectivity index (χ1v) is 15.4. The fourth-order valence-electron chi connectivity index (χ4n) is 4.51. The molecule has 8 heteroatoms. The van der Waals surface area contributed by atoms with Crippen LogP contribution in [0.2, 0.25) is 0 Å². The van der Waals surface area contributed by atoms with Crippen molar-refractivity contribution in [1.82, 2.24) is 10.2 Å². The van der Waals surface area contributed by atoms with Gasteiger partial charge in [0.05, 0.1) is 10.6 Å². The van der Waals surface area contributed by atoms with E-state index >= 15 is 0 Å². The number of amides is 2. The standard InChI is InChI=1S/C32H41N3O4S/c1-5-7-22-33-32(37)26(4)34(23-21-27-13-9-8-10-14-27)31(36)24-35(30-16-12-11-15-28(30)6-2)40(38,39)29-19-17-25(3)18-20-29/h8-20,26H,5-7,21-24H2,1-4H3,(H,33,37)/t26-/m0/s1. The number of nitrogens with one attached hydrogen (secondary N) is 1. The summed E-state index contributed by atoms with van der Waals surface area (Å²) in [7, 11) is -4.08. The molecule has 0 saturated heterocycles. The zero-order chi connectivity index (χ0) is 29.1. The fraction of sp³-hybridized carbons (Fsp3) is 0.375. The van der Waals surface area contributed by atoms with Crippen molar-refractivity contribution in [2.24, 2.45) is 0 Å². The molecule has 0 fully saturated rings. The summed E-state index contributed by atoms with van der Waals surface area (Å²) in [5.74, 6) is -0.688. The Kier molecular flexibility index (Phi) is 11.3. The maximum Gasteiger partial charge on any atom is 0.264 e. The highest BCUT2D eigenvalue weighted by Gasteiger charge is 2.33. The Morgan fingerprint density at radius 2 is 1.55 bits per heavy atom. The first kappa shape index (κ1) is 30.9. The summed E-state index contributed by atoms with van der Waals surface area (Å²) in [6, 6.07) is 22.8. The van der Waals surface area contributed by atoms with Crippen LogP contribution in [0.4, 0.5) is 5.69 Å². The van der Waals surface area contributed by atoms with Crippen LogP contribution < -0.4 is 9.62 Å². The molecule has 3 aromatic rings. The Hall–Kier alpha value is -3.65. The van der Waals surface area contributed by atoms with Crippen LogP contribution in [0.1, 0.15) is 50.3 Å². The van der Waals surface area contributed by atoms with Gasteiger partial charge in [0.25, 0.3) is 10.0 Å². The van der Waals surface area contributed by atoms with E-state index in [-0.39, 0.29) is 17.3 Å². The summed E-state index contributed by atoms with van der Waals surface area (Å²) in [5.41, 5.74) is 3.24. The molecule has 7 nitrogen and oxygen atoms in total. The average molecular weight is 564 g/mol. The molecule has 40 heavy (non-hydrogen) atoms. The van der Waals surface area contributed by atoms with Crippen LogP contribution in [-0.2, 0) is 32.5 Å². The molecule has 0 aliphatic rings. The SMILES string of the molecule is CCCCNC(=O)[C@H](C)N(CCc1ccccc1)C(=O)CN(c1ccccc1CC)S(=O)(=O)c1ccc(C)cc1. The highest BCUT2D eigenvalue weighted by atomic mass is 32.2. The predicted octanol–water partition coefficient (Wildman–Crippen LogP) is 5.13. The van der Waals surface area contributed by atoms with E-state index in [1.54, 1.807) is 43.3 Å². The van der Waals surface area contributed by atoms with Gasteiger partial charge in [-0.05, 0) is 62.4 Å². The van der Waals surface area contributed by atoms with Crippen LogP contribution in [0.5, 0.6) is 0 Å². The lowest BCUT2D eigenvalue weighted by atomic mass is 10.1. The summed E-state index contributed by atoms with van der Waals surface area (Å²) >= 11 is 0. The zero-order valence-electron chi connectivity index (χ0n) is 24.0. The van der Waals surface area contributed by atoms with Crippen LogP contribution in [-0.4, -0.2) is 50.8 Å². The van der Waals surface area contributed by atoms with E-state index in [0.29, 0.717) is 25.1 Å². The molecule has 0 aliphatic carbocycles. The third-order valence-electron chi connectivity index (χ3n) is 7.01. The van der Waals surface area contributed by atoms with E-state index in [9.17, 15) is 18.0 Å². The maximum atomic E-state index is 14.0. The number of carbonyl (C=O) groups excluding carboxylic acids is 2. The van der Waals surface area contributed by atoms with Crippen LogP contribution >= 0.6 is 0 Å². The lowest BCUT2D eigenvalue weighted by Crippen LogP contribution is -2.52. The number of hydrogen-bond donors (Lipinski definition) is 1. The molecule has 0 radical (unpaired) electrons. The Morgan fingerprint density at radius 1 is 0.900 bits per heavy atom. The minimum absolute atomic E-state index is 0.109. The van der Waals surface area contributed by atoms with Crippen molar-refractivity contribution in [2.45, 2.75) is 64.3 Å². The third kappa shape index (κ3) is 7.94. The Bertz CT molecular complexity index is 1360. The Labute approximate surface area is 239 Å². The molecule has 214 valence electrons. The van der Waals surface area contributed by atoms with Crippen LogP contribution in [0.25, 0.3) is 0 Å². The van der Waals surface area contributed by atoms with Gasteiger partial charge >= 0.3 is 0 Å². The van der Waals surface area contributed by atoms with Gasteiger partial charge < -0.3 is 10.2 Å². The predicted molar refractivity (Wildman–Crippen MR) is 161 cm³/mol. The molecule has 0 heterocycles. The van der Waals surface area contributed by atoms with E-state index < -0.39 is 28.5 Å². The number of rotatable bonds is 14. The Balaban J connectivity index is 1.98. The van der Waals surface area contributed by atoms with Gasteiger partial charge in [-0.25, -0.2) is 8.42 Å². The van der Waals surface area contributed by atoms with Crippen molar-refractivity contribution in [2.75, 3.05) is 23.9 Å². The molecule has 0 bridgehead atoms. The molecule has 2 amide bonds. The smallest absolute Gasteiger partial charge is 0.264 e. The first-order valence-electron chi connectivity index (χ1n) is 14.0. The number of carbonyl (C=O) groups is 2. The second kappa shape index (κ2) is 14.7. The monoisotopic (exact) mass is 563 g/mol. The summed E-state index contributed by atoms with van der Waals surface area (Å²) in [6.07, 6.45) is 2.91. The lowest BCUT2D eigenvalue weighted by Gasteiger charge is -2.32. The lowest BCUT2D eigenvalue weighted by molar-refractivity contribution is -0.138. The molecule has 1 N–H and O–H groups in total. The average Bonchev–Trinajstić information content (AvgIpc) is 2.96. The number of sulfonamides is 1. The third-order valence-corrected chi connectivity index (χ3v) is 8.78. The normalized spacial score (nSPS) is 12.0. The minimum Gasteiger partial charge on any atom is -0.354 e. The molecule has 0 saturated carbocycles. The molecule has 0 spiro atoms. The summed E-state index contributed by atoms with van der Waals surface area (Å²) in [4.78, 5) is 28.7. The topological polar surface area (TPSA) is 86.8 Å². The van der Waals surface area contributed by atoms with E-state index in [0.717, 1.165) is 29.5 Å². The second-order valence-corrected chi connectivity index (χ2v) is 11.8. The van der Waals surface area contributed by atoms with E-state index in [4.69, 9.17) is 0 Å².